The lowest BCUT2D eigenvalue weighted by Gasteiger charge is -2.39. The van der Waals surface area contributed by atoms with Gasteiger partial charge in [-0.3, -0.25) is 9.69 Å². The van der Waals surface area contributed by atoms with Gasteiger partial charge in [-0.25, -0.2) is 4.98 Å². The number of hydrogen-bond acceptors (Lipinski definition) is 6. The number of ether oxygens (including phenoxy) is 1. The smallest absolute Gasteiger partial charge is 0.279 e. The maximum absolute atomic E-state index is 11.6. The van der Waals surface area contributed by atoms with Gasteiger partial charge in [0.25, 0.3) is 5.19 Å². The standard InChI is InChI=1S/C23H26N4O2S/c24-13-22(28)25-16-11-17-7-8-18(12-16)27(17)14-15-5-9-19(10-6-15)29-23-26-20-3-1-2-4-21(20)30-23/h1-6,9-10,16-18H,7-8,11-14,24H2,(H,25,28)/t16?,17-,18?/m1/s1. The minimum absolute atomic E-state index is 0.0448. The molecule has 1 amide bonds. The first-order valence-corrected chi connectivity index (χ1v) is 11.4. The number of hydrogen-bond donors (Lipinski definition) is 2. The molecular formula is C23H26N4O2S. The van der Waals surface area contributed by atoms with Crippen LogP contribution >= 0.6 is 11.3 Å². The number of thiazole rings is 1. The fourth-order valence-electron chi connectivity index (χ4n) is 4.81. The molecule has 2 bridgehead atoms. The highest BCUT2D eigenvalue weighted by Crippen LogP contribution is 2.37. The molecule has 2 aliphatic rings. The number of nitrogens with two attached hydrogens (primary N) is 1. The maximum Gasteiger partial charge on any atom is 0.279 e. The summed E-state index contributed by atoms with van der Waals surface area (Å²) in [5, 5.41) is 3.75. The van der Waals surface area contributed by atoms with Gasteiger partial charge in [0.05, 0.1) is 16.8 Å². The predicted octanol–water partition coefficient (Wildman–Crippen LogP) is 3.66. The highest BCUT2D eigenvalue weighted by Gasteiger charge is 2.40. The van der Waals surface area contributed by atoms with Crippen LogP contribution in [0, 0.1) is 0 Å². The number of carbonyl (C=O) groups is 1. The lowest BCUT2D eigenvalue weighted by molar-refractivity contribution is -0.120. The Hall–Kier alpha value is -2.48. The number of nitrogens with zero attached hydrogens (tertiary/aromatic N) is 2. The van der Waals surface area contributed by atoms with Gasteiger partial charge in [-0.15, -0.1) is 0 Å². The predicted molar refractivity (Wildman–Crippen MR) is 119 cm³/mol. The Kier molecular flexibility index (Phi) is 5.41. The quantitative estimate of drug-likeness (QED) is 0.634. The van der Waals surface area contributed by atoms with E-state index < -0.39 is 0 Å². The molecule has 0 saturated carbocycles. The highest BCUT2D eigenvalue weighted by atomic mass is 32.1. The van der Waals surface area contributed by atoms with Crippen LogP contribution in [-0.2, 0) is 11.3 Å². The molecule has 0 aliphatic carbocycles. The van der Waals surface area contributed by atoms with E-state index in [4.69, 9.17) is 10.5 Å². The number of amides is 1. The molecule has 1 aromatic heterocycles. The third kappa shape index (κ3) is 4.05. The molecule has 7 heteroatoms. The third-order valence-electron chi connectivity index (χ3n) is 6.20. The van der Waals surface area contributed by atoms with Crippen molar-refractivity contribution >= 4 is 27.5 Å². The van der Waals surface area contributed by atoms with Crippen LogP contribution in [0.1, 0.15) is 31.2 Å². The van der Waals surface area contributed by atoms with Crippen molar-refractivity contribution in [1.82, 2.24) is 15.2 Å². The second kappa shape index (κ2) is 8.34. The van der Waals surface area contributed by atoms with Crippen LogP contribution < -0.4 is 15.8 Å². The van der Waals surface area contributed by atoms with E-state index in [1.165, 1.54) is 18.4 Å². The van der Waals surface area contributed by atoms with Crippen molar-refractivity contribution in [3.8, 4) is 10.9 Å². The van der Waals surface area contributed by atoms with Gasteiger partial charge in [0.1, 0.15) is 5.75 Å². The van der Waals surface area contributed by atoms with Crippen LogP contribution in [0.3, 0.4) is 0 Å². The summed E-state index contributed by atoms with van der Waals surface area (Å²) in [6, 6.07) is 17.7. The number of aromatic nitrogens is 1. The van der Waals surface area contributed by atoms with Gasteiger partial charge >= 0.3 is 0 Å². The number of rotatable bonds is 6. The van der Waals surface area contributed by atoms with E-state index >= 15 is 0 Å². The number of para-hydroxylation sites is 1. The molecule has 2 saturated heterocycles. The Morgan fingerprint density at radius 2 is 1.87 bits per heavy atom. The van der Waals surface area contributed by atoms with E-state index in [1.54, 1.807) is 11.3 Å². The average molecular weight is 423 g/mol. The van der Waals surface area contributed by atoms with E-state index in [0.717, 1.165) is 35.4 Å². The van der Waals surface area contributed by atoms with Crippen molar-refractivity contribution in [2.45, 2.75) is 50.4 Å². The Balaban J connectivity index is 1.21. The summed E-state index contributed by atoms with van der Waals surface area (Å²) < 4.78 is 7.10. The molecule has 30 heavy (non-hydrogen) atoms. The highest BCUT2D eigenvalue weighted by molar-refractivity contribution is 7.20. The molecule has 2 unspecified atom stereocenters. The molecule has 3 atom stereocenters. The molecule has 3 N–H and O–H groups in total. The largest absolute Gasteiger partial charge is 0.431 e. The summed E-state index contributed by atoms with van der Waals surface area (Å²) in [7, 11) is 0. The number of nitrogens with one attached hydrogen (secondary N) is 1. The van der Waals surface area contributed by atoms with Crippen LogP contribution in [0.5, 0.6) is 10.9 Å². The van der Waals surface area contributed by atoms with Gasteiger partial charge in [0.15, 0.2) is 0 Å². The van der Waals surface area contributed by atoms with Gasteiger partial charge in [-0.2, -0.15) is 0 Å². The van der Waals surface area contributed by atoms with Gasteiger partial charge in [-0.05, 0) is 55.5 Å². The topological polar surface area (TPSA) is 80.5 Å². The molecule has 2 aromatic carbocycles. The van der Waals surface area contributed by atoms with E-state index in [0.29, 0.717) is 17.3 Å². The number of piperidine rings is 1. The molecule has 156 valence electrons. The van der Waals surface area contributed by atoms with Crippen LogP contribution in [0.25, 0.3) is 10.2 Å². The molecule has 2 aliphatic heterocycles. The molecule has 3 aromatic rings. The van der Waals surface area contributed by atoms with Gasteiger partial charge in [-0.1, -0.05) is 35.6 Å². The molecule has 6 nitrogen and oxygen atoms in total. The number of carbonyl (C=O) groups excluding carboxylic acids is 1. The van der Waals surface area contributed by atoms with E-state index in [2.05, 4.69) is 33.4 Å². The molecule has 3 heterocycles. The fourth-order valence-corrected chi connectivity index (χ4v) is 5.64. The van der Waals surface area contributed by atoms with Crippen LogP contribution in [0.4, 0.5) is 0 Å². The Morgan fingerprint density at radius 3 is 2.57 bits per heavy atom. The molecule has 5 rings (SSSR count). The second-order valence-electron chi connectivity index (χ2n) is 8.19. The van der Waals surface area contributed by atoms with Crippen molar-refractivity contribution < 1.29 is 9.53 Å². The monoisotopic (exact) mass is 422 g/mol. The first-order valence-electron chi connectivity index (χ1n) is 10.6. The molecule has 0 radical (unpaired) electrons. The van der Waals surface area contributed by atoms with E-state index in [9.17, 15) is 4.79 Å². The van der Waals surface area contributed by atoms with Gasteiger partial charge in [0, 0.05) is 24.7 Å². The Bertz CT molecular complexity index is 988. The first kappa shape index (κ1) is 19.5. The second-order valence-corrected chi connectivity index (χ2v) is 9.18. The first-order chi connectivity index (χ1) is 14.7. The Morgan fingerprint density at radius 1 is 1.13 bits per heavy atom. The van der Waals surface area contributed by atoms with Crippen molar-refractivity contribution in [2.24, 2.45) is 5.73 Å². The Labute approximate surface area is 180 Å². The van der Waals surface area contributed by atoms with Gasteiger partial charge in [0.2, 0.25) is 5.91 Å². The number of benzene rings is 2. The van der Waals surface area contributed by atoms with E-state index in [1.807, 2.05) is 30.3 Å². The van der Waals surface area contributed by atoms with Crippen LogP contribution in [0.2, 0.25) is 0 Å². The number of fused-ring (bicyclic) bond motifs is 3. The van der Waals surface area contributed by atoms with Gasteiger partial charge < -0.3 is 15.8 Å². The fraction of sp³-hybridized carbons (Fsp3) is 0.391. The van der Waals surface area contributed by atoms with E-state index in [-0.39, 0.29) is 18.5 Å². The zero-order valence-electron chi connectivity index (χ0n) is 16.8. The minimum atomic E-state index is -0.0448. The van der Waals surface area contributed by atoms with Crippen molar-refractivity contribution in [1.29, 1.82) is 0 Å². The third-order valence-corrected chi connectivity index (χ3v) is 7.12. The zero-order valence-corrected chi connectivity index (χ0v) is 17.6. The summed E-state index contributed by atoms with van der Waals surface area (Å²) >= 11 is 1.56. The summed E-state index contributed by atoms with van der Waals surface area (Å²) in [5.41, 5.74) is 7.70. The maximum atomic E-state index is 11.6. The summed E-state index contributed by atoms with van der Waals surface area (Å²) in [6.07, 6.45) is 4.44. The van der Waals surface area contributed by atoms with Crippen molar-refractivity contribution in [3.05, 3.63) is 54.1 Å². The summed E-state index contributed by atoms with van der Waals surface area (Å²) in [5.74, 6) is 0.764. The SMILES string of the molecule is NCC(=O)NC1CC2CC[C@H](C1)N2Cc1ccc(Oc2nc3ccccc3s2)cc1. The molecular weight excluding hydrogens is 396 g/mol. The average Bonchev–Trinajstić information content (AvgIpc) is 3.26. The summed E-state index contributed by atoms with van der Waals surface area (Å²) in [4.78, 5) is 18.8. The minimum Gasteiger partial charge on any atom is -0.431 e. The molecule has 2 fully saturated rings. The lowest BCUT2D eigenvalue weighted by atomic mass is 9.96. The van der Waals surface area contributed by atoms with Crippen LogP contribution in [0.15, 0.2) is 48.5 Å². The molecule has 0 spiro atoms. The van der Waals surface area contributed by atoms with Crippen molar-refractivity contribution in [2.75, 3.05) is 6.54 Å². The lowest BCUT2D eigenvalue weighted by Crippen LogP contribution is -2.50. The normalized spacial score (nSPS) is 23.6. The summed E-state index contributed by atoms with van der Waals surface area (Å²) in [6.45, 7) is 1.01. The van der Waals surface area contributed by atoms with Crippen molar-refractivity contribution in [3.63, 3.8) is 0 Å². The van der Waals surface area contributed by atoms with Crippen LogP contribution in [-0.4, -0.2) is 40.5 Å². The zero-order chi connectivity index (χ0) is 20.5.